The van der Waals surface area contributed by atoms with E-state index in [2.05, 4.69) is 29.6 Å². The molecular formula is C19H30N2O2. The van der Waals surface area contributed by atoms with Crippen molar-refractivity contribution in [1.82, 2.24) is 10.2 Å². The number of ether oxygens (including phenoxy) is 1. The highest BCUT2D eigenvalue weighted by atomic mass is 16.5. The van der Waals surface area contributed by atoms with E-state index >= 15 is 0 Å². The van der Waals surface area contributed by atoms with Crippen molar-refractivity contribution in [3.63, 3.8) is 0 Å². The van der Waals surface area contributed by atoms with Gasteiger partial charge in [0.25, 0.3) is 0 Å². The van der Waals surface area contributed by atoms with Gasteiger partial charge < -0.3 is 15.0 Å². The van der Waals surface area contributed by atoms with Gasteiger partial charge in [-0.15, -0.1) is 0 Å². The molecule has 0 bridgehead atoms. The van der Waals surface area contributed by atoms with Gasteiger partial charge in [0, 0.05) is 26.6 Å². The van der Waals surface area contributed by atoms with Crippen LogP contribution >= 0.6 is 0 Å². The lowest BCUT2D eigenvalue weighted by Crippen LogP contribution is -2.35. The maximum Gasteiger partial charge on any atom is 0.222 e. The maximum absolute atomic E-state index is 12.5. The van der Waals surface area contributed by atoms with Crippen LogP contribution in [-0.4, -0.2) is 50.7 Å². The molecule has 128 valence electrons. The first-order chi connectivity index (χ1) is 11.3. The molecule has 1 fully saturated rings. The van der Waals surface area contributed by atoms with Gasteiger partial charge >= 0.3 is 0 Å². The molecule has 1 aromatic carbocycles. The van der Waals surface area contributed by atoms with E-state index in [9.17, 15) is 4.79 Å². The van der Waals surface area contributed by atoms with Crippen molar-refractivity contribution in [2.24, 2.45) is 5.92 Å². The van der Waals surface area contributed by atoms with E-state index in [1.807, 2.05) is 11.0 Å². The zero-order valence-electron chi connectivity index (χ0n) is 14.3. The van der Waals surface area contributed by atoms with Crippen LogP contribution in [0.4, 0.5) is 0 Å². The first kappa shape index (κ1) is 18.0. The minimum absolute atomic E-state index is 0.280. The van der Waals surface area contributed by atoms with Crippen LogP contribution in [-0.2, 0) is 16.0 Å². The van der Waals surface area contributed by atoms with E-state index in [1.54, 1.807) is 7.11 Å². The molecule has 0 saturated carbocycles. The Morgan fingerprint density at radius 1 is 1.30 bits per heavy atom. The molecule has 1 amide bonds. The summed E-state index contributed by atoms with van der Waals surface area (Å²) in [5.41, 5.74) is 1.34. The number of aryl methyl sites for hydroxylation is 1. The van der Waals surface area contributed by atoms with Gasteiger partial charge in [-0.1, -0.05) is 30.3 Å². The summed E-state index contributed by atoms with van der Waals surface area (Å²) in [6, 6.07) is 10.5. The van der Waals surface area contributed by atoms with Crippen molar-refractivity contribution in [3.05, 3.63) is 35.9 Å². The molecule has 0 radical (unpaired) electrons. The molecule has 4 heteroatoms. The fourth-order valence-electron chi connectivity index (χ4n) is 3.13. The fourth-order valence-corrected chi connectivity index (χ4v) is 3.13. The Bertz CT molecular complexity index is 444. The lowest BCUT2D eigenvalue weighted by atomic mass is 10.0. The number of nitrogens with zero attached hydrogens (tertiary/aromatic N) is 1. The monoisotopic (exact) mass is 318 g/mol. The number of methoxy groups -OCH3 is 1. The number of carbonyl (C=O) groups is 1. The molecule has 0 aliphatic carbocycles. The Labute approximate surface area is 140 Å². The van der Waals surface area contributed by atoms with E-state index < -0.39 is 0 Å². The Morgan fingerprint density at radius 2 is 2.13 bits per heavy atom. The van der Waals surface area contributed by atoms with Crippen molar-refractivity contribution in [1.29, 1.82) is 0 Å². The highest BCUT2D eigenvalue weighted by Crippen LogP contribution is 2.15. The van der Waals surface area contributed by atoms with Crippen LogP contribution in [0.2, 0.25) is 0 Å². The molecule has 23 heavy (non-hydrogen) atoms. The van der Waals surface area contributed by atoms with E-state index in [4.69, 9.17) is 4.74 Å². The summed E-state index contributed by atoms with van der Waals surface area (Å²) < 4.78 is 5.16. The minimum Gasteiger partial charge on any atom is -0.383 e. The highest BCUT2D eigenvalue weighted by Gasteiger charge is 2.18. The van der Waals surface area contributed by atoms with Gasteiger partial charge in [0.1, 0.15) is 0 Å². The standard InChI is InChI=1S/C19H30N2O2/c1-23-15-14-21(13-5-8-17-6-3-2-4-7-17)19(22)10-9-18-11-12-20-16-18/h2-4,6-7,18,20H,5,8-16H2,1H3. The first-order valence-corrected chi connectivity index (χ1v) is 8.81. The summed E-state index contributed by atoms with van der Waals surface area (Å²) in [6.45, 7) is 4.30. The van der Waals surface area contributed by atoms with Gasteiger partial charge in [0.15, 0.2) is 0 Å². The van der Waals surface area contributed by atoms with E-state index in [0.29, 0.717) is 25.5 Å². The summed E-state index contributed by atoms with van der Waals surface area (Å²) in [7, 11) is 1.69. The highest BCUT2D eigenvalue weighted by molar-refractivity contribution is 5.76. The number of hydrogen-bond donors (Lipinski definition) is 1. The third-order valence-electron chi connectivity index (χ3n) is 4.58. The fraction of sp³-hybridized carbons (Fsp3) is 0.632. The molecular weight excluding hydrogens is 288 g/mol. The van der Waals surface area contributed by atoms with Gasteiger partial charge in [0.05, 0.1) is 6.61 Å². The third kappa shape index (κ3) is 6.71. The van der Waals surface area contributed by atoms with Crippen molar-refractivity contribution < 1.29 is 9.53 Å². The normalized spacial score (nSPS) is 17.3. The largest absolute Gasteiger partial charge is 0.383 e. The Balaban J connectivity index is 1.74. The van der Waals surface area contributed by atoms with Crippen LogP contribution < -0.4 is 5.32 Å². The smallest absolute Gasteiger partial charge is 0.222 e. The molecule has 1 atom stereocenters. The lowest BCUT2D eigenvalue weighted by molar-refractivity contribution is -0.132. The number of hydrogen-bond acceptors (Lipinski definition) is 3. The number of carbonyl (C=O) groups excluding carboxylic acids is 1. The molecule has 2 rings (SSSR count). The Kier molecular flexibility index (Phi) is 8.12. The average molecular weight is 318 g/mol. The van der Waals surface area contributed by atoms with Crippen molar-refractivity contribution >= 4 is 5.91 Å². The zero-order chi connectivity index (χ0) is 16.3. The summed E-state index contributed by atoms with van der Waals surface area (Å²) in [5, 5.41) is 3.37. The van der Waals surface area contributed by atoms with E-state index in [1.165, 1.54) is 12.0 Å². The van der Waals surface area contributed by atoms with E-state index in [0.717, 1.165) is 38.9 Å². The molecule has 0 aromatic heterocycles. The molecule has 1 heterocycles. The molecule has 1 saturated heterocycles. The lowest BCUT2D eigenvalue weighted by Gasteiger charge is -2.23. The van der Waals surface area contributed by atoms with Crippen LogP contribution in [0, 0.1) is 5.92 Å². The van der Waals surface area contributed by atoms with Crippen molar-refractivity contribution in [2.45, 2.75) is 32.1 Å². The number of benzene rings is 1. The number of nitrogens with one attached hydrogen (secondary N) is 1. The number of rotatable bonds is 10. The second-order valence-corrected chi connectivity index (χ2v) is 6.36. The van der Waals surface area contributed by atoms with Crippen LogP contribution in [0.25, 0.3) is 0 Å². The molecule has 1 N–H and O–H groups in total. The predicted octanol–water partition coefficient (Wildman–Crippen LogP) is 2.48. The summed E-state index contributed by atoms with van der Waals surface area (Å²) >= 11 is 0. The van der Waals surface area contributed by atoms with Crippen molar-refractivity contribution in [2.75, 3.05) is 39.9 Å². The second kappa shape index (κ2) is 10.4. The van der Waals surface area contributed by atoms with Crippen LogP contribution in [0.15, 0.2) is 30.3 Å². The summed E-state index contributed by atoms with van der Waals surface area (Å²) in [4.78, 5) is 14.5. The predicted molar refractivity (Wildman–Crippen MR) is 93.4 cm³/mol. The minimum atomic E-state index is 0.280. The first-order valence-electron chi connectivity index (χ1n) is 8.81. The molecule has 1 aromatic rings. The SMILES string of the molecule is COCCN(CCCc1ccccc1)C(=O)CCC1CCNC1. The van der Waals surface area contributed by atoms with Gasteiger partial charge in [-0.05, 0) is 50.3 Å². The maximum atomic E-state index is 12.5. The quantitative estimate of drug-likeness (QED) is 0.720. The molecule has 1 unspecified atom stereocenters. The summed E-state index contributed by atoms with van der Waals surface area (Å²) in [5.74, 6) is 0.953. The second-order valence-electron chi connectivity index (χ2n) is 6.36. The number of amides is 1. The molecule has 4 nitrogen and oxygen atoms in total. The Hall–Kier alpha value is -1.39. The zero-order valence-corrected chi connectivity index (χ0v) is 14.3. The van der Waals surface area contributed by atoms with Gasteiger partial charge in [-0.2, -0.15) is 0 Å². The molecule has 1 aliphatic rings. The van der Waals surface area contributed by atoms with Gasteiger partial charge in [-0.3, -0.25) is 4.79 Å². The van der Waals surface area contributed by atoms with Crippen LogP contribution in [0.5, 0.6) is 0 Å². The molecule has 1 aliphatic heterocycles. The Morgan fingerprint density at radius 3 is 2.83 bits per heavy atom. The topological polar surface area (TPSA) is 41.6 Å². The average Bonchev–Trinajstić information content (AvgIpc) is 3.10. The third-order valence-corrected chi connectivity index (χ3v) is 4.58. The van der Waals surface area contributed by atoms with Crippen LogP contribution in [0.3, 0.4) is 0 Å². The van der Waals surface area contributed by atoms with E-state index in [-0.39, 0.29) is 5.91 Å². The van der Waals surface area contributed by atoms with Crippen LogP contribution in [0.1, 0.15) is 31.2 Å². The van der Waals surface area contributed by atoms with Crippen molar-refractivity contribution in [3.8, 4) is 0 Å². The summed E-state index contributed by atoms with van der Waals surface area (Å²) in [6.07, 6.45) is 4.91. The molecule has 0 spiro atoms. The van der Waals surface area contributed by atoms with Gasteiger partial charge in [0.2, 0.25) is 5.91 Å². The van der Waals surface area contributed by atoms with Gasteiger partial charge in [-0.25, -0.2) is 0 Å².